The van der Waals surface area contributed by atoms with Gasteiger partial charge in [-0.05, 0) is 43.6 Å². The Kier molecular flexibility index (Phi) is 3.29. The maximum Gasteiger partial charge on any atom is 0.124 e. The molecule has 0 radical (unpaired) electrons. The molecule has 0 amide bonds. The molecule has 0 saturated heterocycles. The summed E-state index contributed by atoms with van der Waals surface area (Å²) in [6.45, 7) is 2.74. The van der Waals surface area contributed by atoms with Crippen molar-refractivity contribution in [1.29, 1.82) is 0 Å². The van der Waals surface area contributed by atoms with E-state index in [0.717, 1.165) is 17.6 Å². The second kappa shape index (κ2) is 4.93. The summed E-state index contributed by atoms with van der Waals surface area (Å²) in [6, 6.07) is 8.45. The molecule has 3 unspecified atom stereocenters. The Labute approximate surface area is 110 Å². The van der Waals surface area contributed by atoms with E-state index in [0.29, 0.717) is 12.5 Å². The van der Waals surface area contributed by atoms with Crippen LogP contribution in [-0.4, -0.2) is 6.61 Å². The second-order valence-electron chi connectivity index (χ2n) is 5.69. The lowest BCUT2D eigenvalue weighted by atomic mass is 10.00. The molecule has 2 N–H and O–H groups in total. The van der Waals surface area contributed by atoms with Gasteiger partial charge < -0.3 is 10.5 Å². The van der Waals surface area contributed by atoms with Gasteiger partial charge in [-0.3, -0.25) is 0 Å². The number of rotatable bonds is 4. The van der Waals surface area contributed by atoms with Crippen molar-refractivity contribution in [3.8, 4) is 5.75 Å². The average molecular weight is 245 g/mol. The summed E-state index contributed by atoms with van der Waals surface area (Å²) >= 11 is 0. The highest BCUT2D eigenvalue weighted by Crippen LogP contribution is 2.60. The van der Waals surface area contributed by atoms with Gasteiger partial charge in [-0.1, -0.05) is 31.0 Å². The summed E-state index contributed by atoms with van der Waals surface area (Å²) in [5.41, 5.74) is 7.72. The van der Waals surface area contributed by atoms with Crippen molar-refractivity contribution in [2.75, 3.05) is 6.61 Å². The summed E-state index contributed by atoms with van der Waals surface area (Å²) < 4.78 is 5.71. The summed E-state index contributed by atoms with van der Waals surface area (Å²) in [6.07, 6.45) is 5.58. The number of ether oxygens (including phenoxy) is 1. The number of nitrogens with two attached hydrogens (primary N) is 1. The van der Waals surface area contributed by atoms with Crippen LogP contribution >= 0.6 is 0 Å². The van der Waals surface area contributed by atoms with Crippen molar-refractivity contribution in [3.63, 3.8) is 0 Å². The zero-order valence-corrected chi connectivity index (χ0v) is 11.1. The Bertz CT molecular complexity index is 405. The van der Waals surface area contributed by atoms with Crippen molar-refractivity contribution >= 4 is 0 Å². The SMILES string of the molecule is CCOc1ccccc1C(N)C1C2CCCCC21. The lowest BCUT2D eigenvalue weighted by Gasteiger charge is -2.16. The van der Waals surface area contributed by atoms with Gasteiger partial charge in [-0.25, -0.2) is 0 Å². The van der Waals surface area contributed by atoms with Crippen LogP contribution in [0, 0.1) is 17.8 Å². The van der Waals surface area contributed by atoms with E-state index in [1.807, 2.05) is 19.1 Å². The van der Waals surface area contributed by atoms with E-state index in [-0.39, 0.29) is 6.04 Å². The first-order valence-electron chi connectivity index (χ1n) is 7.30. The topological polar surface area (TPSA) is 35.2 Å². The fraction of sp³-hybridized carbons (Fsp3) is 0.625. The maximum absolute atomic E-state index is 6.51. The third kappa shape index (κ3) is 2.03. The quantitative estimate of drug-likeness (QED) is 0.881. The van der Waals surface area contributed by atoms with Crippen molar-refractivity contribution in [2.45, 2.75) is 38.6 Å². The molecule has 1 aromatic carbocycles. The van der Waals surface area contributed by atoms with E-state index in [1.54, 1.807) is 0 Å². The molecule has 0 aliphatic heterocycles. The van der Waals surface area contributed by atoms with E-state index in [2.05, 4.69) is 12.1 Å². The van der Waals surface area contributed by atoms with E-state index >= 15 is 0 Å². The predicted octanol–water partition coefficient (Wildman–Crippen LogP) is 3.52. The van der Waals surface area contributed by atoms with Gasteiger partial charge in [-0.15, -0.1) is 0 Å². The molecule has 0 heterocycles. The minimum atomic E-state index is 0.167. The standard InChI is InChI=1S/C16H23NO/c1-2-18-14-10-6-5-9-13(14)16(17)15-11-7-3-4-8-12(11)15/h5-6,9-12,15-16H,2-4,7-8,17H2,1H3. The molecular formula is C16H23NO. The smallest absolute Gasteiger partial charge is 0.124 e. The monoisotopic (exact) mass is 245 g/mol. The van der Waals surface area contributed by atoms with Gasteiger partial charge in [0.25, 0.3) is 0 Å². The van der Waals surface area contributed by atoms with Gasteiger partial charge in [0.2, 0.25) is 0 Å². The molecule has 2 nitrogen and oxygen atoms in total. The highest BCUT2D eigenvalue weighted by Gasteiger charge is 2.53. The first kappa shape index (κ1) is 12.0. The largest absolute Gasteiger partial charge is 0.494 e. The summed E-state index contributed by atoms with van der Waals surface area (Å²) in [5, 5.41) is 0. The van der Waals surface area contributed by atoms with E-state index < -0.39 is 0 Å². The zero-order valence-electron chi connectivity index (χ0n) is 11.1. The second-order valence-corrected chi connectivity index (χ2v) is 5.69. The van der Waals surface area contributed by atoms with Crippen LogP contribution in [0.5, 0.6) is 5.75 Å². The Hall–Kier alpha value is -1.02. The van der Waals surface area contributed by atoms with Gasteiger partial charge in [0.1, 0.15) is 5.75 Å². The van der Waals surface area contributed by atoms with Crippen LogP contribution in [0.3, 0.4) is 0 Å². The molecular weight excluding hydrogens is 222 g/mol. The molecule has 2 saturated carbocycles. The van der Waals surface area contributed by atoms with Gasteiger partial charge in [0, 0.05) is 11.6 Å². The number of hydrogen-bond donors (Lipinski definition) is 1. The lowest BCUT2D eigenvalue weighted by molar-refractivity contribution is 0.332. The fourth-order valence-corrected chi connectivity index (χ4v) is 3.83. The number of para-hydroxylation sites is 1. The lowest BCUT2D eigenvalue weighted by Crippen LogP contribution is -2.15. The van der Waals surface area contributed by atoms with Gasteiger partial charge in [0.05, 0.1) is 6.61 Å². The Morgan fingerprint density at radius 3 is 2.56 bits per heavy atom. The van der Waals surface area contributed by atoms with Crippen molar-refractivity contribution < 1.29 is 4.74 Å². The van der Waals surface area contributed by atoms with Crippen molar-refractivity contribution in [2.24, 2.45) is 23.5 Å². The molecule has 1 aromatic rings. The van der Waals surface area contributed by atoms with Gasteiger partial charge in [0.15, 0.2) is 0 Å². The Morgan fingerprint density at radius 1 is 1.22 bits per heavy atom. The van der Waals surface area contributed by atoms with Crippen molar-refractivity contribution in [1.82, 2.24) is 0 Å². The first-order chi connectivity index (χ1) is 8.83. The predicted molar refractivity (Wildman–Crippen MR) is 73.5 cm³/mol. The normalized spacial score (nSPS) is 31.6. The summed E-state index contributed by atoms with van der Waals surface area (Å²) in [4.78, 5) is 0. The molecule has 0 aromatic heterocycles. The highest BCUT2D eigenvalue weighted by atomic mass is 16.5. The van der Waals surface area contributed by atoms with Crippen LogP contribution in [0.4, 0.5) is 0 Å². The molecule has 0 bridgehead atoms. The molecule has 98 valence electrons. The molecule has 2 aliphatic rings. The molecule has 2 aliphatic carbocycles. The zero-order chi connectivity index (χ0) is 12.5. The fourth-order valence-electron chi connectivity index (χ4n) is 3.83. The van der Waals surface area contributed by atoms with Crippen LogP contribution in [0.15, 0.2) is 24.3 Å². The van der Waals surface area contributed by atoms with Crippen LogP contribution in [-0.2, 0) is 0 Å². The average Bonchev–Trinajstić information content (AvgIpc) is 3.13. The first-order valence-corrected chi connectivity index (χ1v) is 7.30. The number of hydrogen-bond acceptors (Lipinski definition) is 2. The molecule has 3 atom stereocenters. The molecule has 0 spiro atoms. The third-order valence-corrected chi connectivity index (χ3v) is 4.72. The van der Waals surface area contributed by atoms with Crippen LogP contribution in [0.1, 0.15) is 44.2 Å². The highest BCUT2D eigenvalue weighted by molar-refractivity contribution is 5.37. The van der Waals surface area contributed by atoms with Crippen LogP contribution in [0.2, 0.25) is 0 Å². The van der Waals surface area contributed by atoms with Crippen LogP contribution in [0.25, 0.3) is 0 Å². The van der Waals surface area contributed by atoms with E-state index in [1.165, 1.54) is 31.2 Å². The maximum atomic E-state index is 6.51. The van der Waals surface area contributed by atoms with Gasteiger partial charge >= 0.3 is 0 Å². The molecule has 2 heteroatoms. The van der Waals surface area contributed by atoms with Crippen molar-refractivity contribution in [3.05, 3.63) is 29.8 Å². The minimum Gasteiger partial charge on any atom is -0.494 e. The summed E-state index contributed by atoms with van der Waals surface area (Å²) in [7, 11) is 0. The molecule has 3 rings (SSSR count). The Balaban J connectivity index is 1.78. The van der Waals surface area contributed by atoms with Gasteiger partial charge in [-0.2, -0.15) is 0 Å². The third-order valence-electron chi connectivity index (χ3n) is 4.72. The minimum absolute atomic E-state index is 0.167. The summed E-state index contributed by atoms with van der Waals surface area (Å²) in [5.74, 6) is 3.47. The Morgan fingerprint density at radius 2 is 1.89 bits per heavy atom. The molecule has 2 fully saturated rings. The number of benzene rings is 1. The number of fused-ring (bicyclic) bond motifs is 1. The van der Waals surface area contributed by atoms with Crippen LogP contribution < -0.4 is 10.5 Å². The van der Waals surface area contributed by atoms with E-state index in [9.17, 15) is 0 Å². The molecule has 18 heavy (non-hydrogen) atoms. The van der Waals surface area contributed by atoms with E-state index in [4.69, 9.17) is 10.5 Å².